The number of likely N-dealkylation sites (tertiary alicyclic amines) is 1. The number of nitrogens with one attached hydrogen (secondary N) is 2. The maximum Gasteiger partial charge on any atom is 0.243 e. The lowest BCUT2D eigenvalue weighted by Crippen LogP contribution is -2.50. The molecule has 2 aromatic rings. The number of piperidine rings is 1. The molecule has 0 spiro atoms. The summed E-state index contributed by atoms with van der Waals surface area (Å²) in [6.07, 6.45) is 4.37. The molecule has 4 heterocycles. The van der Waals surface area contributed by atoms with Gasteiger partial charge in [0.05, 0.1) is 17.3 Å². The monoisotopic (exact) mass is 390 g/mol. The molecule has 1 amide bonds. The van der Waals surface area contributed by atoms with E-state index in [0.29, 0.717) is 17.5 Å². The van der Waals surface area contributed by atoms with E-state index in [4.69, 9.17) is 15.0 Å². The first kappa shape index (κ1) is 18.2. The zero-order valence-electron chi connectivity index (χ0n) is 16.5. The number of carbonyl (C=O) groups excluding carboxylic acids is 1. The second kappa shape index (κ2) is 7.91. The third-order valence-corrected chi connectivity index (χ3v) is 5.88. The van der Waals surface area contributed by atoms with Crippen molar-refractivity contribution in [1.82, 2.24) is 20.5 Å². The number of benzene rings is 1. The molecule has 0 saturated carbocycles. The molecule has 1 aromatic carbocycles. The molecule has 2 atom stereocenters. The zero-order valence-corrected chi connectivity index (χ0v) is 16.5. The Morgan fingerprint density at radius 2 is 1.93 bits per heavy atom. The van der Waals surface area contributed by atoms with Gasteiger partial charge in [0.2, 0.25) is 11.9 Å². The van der Waals surface area contributed by atoms with Gasteiger partial charge in [0.1, 0.15) is 11.8 Å². The first-order valence-electron chi connectivity index (χ1n) is 10.6. The number of amides is 1. The minimum atomic E-state index is -0.576. The number of rotatable bonds is 2. The Bertz CT molecular complexity index is 972. The minimum Gasteiger partial charge on any atom is -0.342 e. The summed E-state index contributed by atoms with van der Waals surface area (Å²) in [6.45, 7) is 3.71. The fraction of sp³-hybridized carbons (Fsp3) is 0.455. The molecule has 0 aliphatic carbocycles. The Balaban J connectivity index is 1.55. The summed E-state index contributed by atoms with van der Waals surface area (Å²) < 4.78 is 0. The Labute approximate surface area is 170 Å². The molecular formula is C22H26N6O. The smallest absolute Gasteiger partial charge is 0.243 e. The standard InChI is InChI=1S/C22H26N6O/c29-21-19(18-10-9-15-6-1-2-8-17(15)25-18)20(24-16-7-5-11-23-14-16)26-22(27-21)28-12-3-4-13-28/h1-2,6,8-10,16,19,23H,3-5,7,11-14H2,(H,24,26,27,29). The largest absolute Gasteiger partial charge is 0.342 e. The summed E-state index contributed by atoms with van der Waals surface area (Å²) in [4.78, 5) is 29.9. The van der Waals surface area contributed by atoms with Gasteiger partial charge >= 0.3 is 0 Å². The molecule has 3 aliphatic heterocycles. The fourth-order valence-corrected chi connectivity index (χ4v) is 4.32. The van der Waals surface area contributed by atoms with Gasteiger partial charge in [-0.3, -0.25) is 20.1 Å². The molecule has 0 bridgehead atoms. The van der Waals surface area contributed by atoms with Crippen LogP contribution in [0.3, 0.4) is 0 Å². The summed E-state index contributed by atoms with van der Waals surface area (Å²) in [7, 11) is 0. The predicted molar refractivity (Wildman–Crippen MR) is 114 cm³/mol. The van der Waals surface area contributed by atoms with Crippen molar-refractivity contribution in [1.29, 1.82) is 0 Å². The average Bonchev–Trinajstić information content (AvgIpc) is 3.29. The molecule has 29 heavy (non-hydrogen) atoms. The maximum absolute atomic E-state index is 13.2. The van der Waals surface area contributed by atoms with Crippen molar-refractivity contribution in [3.05, 3.63) is 42.1 Å². The SMILES string of the molecule is O=C1NC(N2CCCC2)=NC(=NC2CCCNC2)C1c1ccc2ccccc2n1. The van der Waals surface area contributed by atoms with Crippen LogP contribution in [-0.2, 0) is 4.79 Å². The highest BCUT2D eigenvalue weighted by Gasteiger charge is 2.35. The van der Waals surface area contributed by atoms with Crippen LogP contribution in [0.1, 0.15) is 37.3 Å². The number of hydrogen-bond donors (Lipinski definition) is 2. The number of fused-ring (bicyclic) bond motifs is 1. The lowest BCUT2D eigenvalue weighted by molar-refractivity contribution is -0.120. The van der Waals surface area contributed by atoms with Gasteiger partial charge in [-0.1, -0.05) is 24.3 Å². The lowest BCUT2D eigenvalue weighted by Gasteiger charge is -2.29. The number of aromatic nitrogens is 1. The Hall–Kier alpha value is -2.80. The van der Waals surface area contributed by atoms with Crippen molar-refractivity contribution in [3.63, 3.8) is 0 Å². The summed E-state index contributed by atoms with van der Waals surface area (Å²) in [6, 6.07) is 12.1. The quantitative estimate of drug-likeness (QED) is 0.822. The first-order valence-corrected chi connectivity index (χ1v) is 10.6. The number of amidine groups is 1. The third-order valence-electron chi connectivity index (χ3n) is 5.88. The number of guanidine groups is 1. The van der Waals surface area contributed by atoms with E-state index in [0.717, 1.165) is 62.8 Å². The average molecular weight is 390 g/mol. The van der Waals surface area contributed by atoms with Crippen molar-refractivity contribution < 1.29 is 4.79 Å². The van der Waals surface area contributed by atoms with Gasteiger partial charge in [0, 0.05) is 25.0 Å². The van der Waals surface area contributed by atoms with Crippen molar-refractivity contribution in [2.75, 3.05) is 26.2 Å². The molecule has 7 nitrogen and oxygen atoms in total. The molecule has 2 N–H and O–H groups in total. The minimum absolute atomic E-state index is 0.0906. The van der Waals surface area contributed by atoms with Crippen LogP contribution in [0.5, 0.6) is 0 Å². The van der Waals surface area contributed by atoms with Gasteiger partial charge in [-0.2, -0.15) is 4.99 Å². The zero-order chi connectivity index (χ0) is 19.6. The number of para-hydroxylation sites is 1. The van der Waals surface area contributed by atoms with Crippen LogP contribution >= 0.6 is 0 Å². The molecule has 5 rings (SSSR count). The Kier molecular flexibility index (Phi) is 4.97. The van der Waals surface area contributed by atoms with Crippen LogP contribution in [-0.4, -0.2) is 59.8 Å². The highest BCUT2D eigenvalue weighted by molar-refractivity contribution is 6.20. The van der Waals surface area contributed by atoms with Gasteiger partial charge in [0.25, 0.3) is 0 Å². The number of nitrogens with zero attached hydrogens (tertiary/aromatic N) is 4. The van der Waals surface area contributed by atoms with Crippen LogP contribution in [0, 0.1) is 0 Å². The van der Waals surface area contributed by atoms with Crippen LogP contribution in [0.25, 0.3) is 10.9 Å². The van der Waals surface area contributed by atoms with E-state index >= 15 is 0 Å². The summed E-state index contributed by atoms with van der Waals surface area (Å²) in [5.74, 6) is 0.569. The molecule has 2 saturated heterocycles. The summed E-state index contributed by atoms with van der Waals surface area (Å²) in [5.41, 5.74) is 1.58. The summed E-state index contributed by atoms with van der Waals surface area (Å²) >= 11 is 0. The Morgan fingerprint density at radius 3 is 2.76 bits per heavy atom. The fourth-order valence-electron chi connectivity index (χ4n) is 4.32. The molecule has 2 fully saturated rings. The van der Waals surface area contributed by atoms with E-state index in [1.807, 2.05) is 36.4 Å². The molecule has 7 heteroatoms. The van der Waals surface area contributed by atoms with E-state index in [2.05, 4.69) is 15.5 Å². The molecule has 3 aliphatic rings. The van der Waals surface area contributed by atoms with Gasteiger partial charge in [-0.05, 0) is 44.4 Å². The van der Waals surface area contributed by atoms with Crippen molar-refractivity contribution >= 4 is 28.6 Å². The van der Waals surface area contributed by atoms with Crippen molar-refractivity contribution in [2.45, 2.75) is 37.6 Å². The van der Waals surface area contributed by atoms with Crippen molar-refractivity contribution in [3.8, 4) is 0 Å². The van der Waals surface area contributed by atoms with Crippen LogP contribution < -0.4 is 10.6 Å². The molecule has 1 aromatic heterocycles. The van der Waals surface area contributed by atoms with E-state index in [-0.39, 0.29) is 11.9 Å². The second-order valence-corrected chi connectivity index (χ2v) is 7.97. The highest BCUT2D eigenvalue weighted by Crippen LogP contribution is 2.25. The van der Waals surface area contributed by atoms with E-state index in [1.165, 1.54) is 0 Å². The highest BCUT2D eigenvalue weighted by atomic mass is 16.2. The number of aliphatic imine (C=N–C) groups is 2. The molecule has 2 unspecified atom stereocenters. The molecule has 0 radical (unpaired) electrons. The second-order valence-electron chi connectivity index (χ2n) is 7.97. The molecule has 150 valence electrons. The number of carbonyl (C=O) groups is 1. The van der Waals surface area contributed by atoms with E-state index in [9.17, 15) is 4.79 Å². The third kappa shape index (κ3) is 3.74. The van der Waals surface area contributed by atoms with Crippen LogP contribution in [0.15, 0.2) is 46.4 Å². The number of hydrogen-bond acceptors (Lipinski definition) is 5. The number of pyridine rings is 1. The van der Waals surface area contributed by atoms with Gasteiger partial charge in [0.15, 0.2) is 0 Å². The van der Waals surface area contributed by atoms with Crippen LogP contribution in [0.4, 0.5) is 0 Å². The molecular weight excluding hydrogens is 364 g/mol. The Morgan fingerprint density at radius 1 is 1.07 bits per heavy atom. The summed E-state index contributed by atoms with van der Waals surface area (Å²) in [5, 5.41) is 7.48. The van der Waals surface area contributed by atoms with E-state index < -0.39 is 5.92 Å². The van der Waals surface area contributed by atoms with Gasteiger partial charge in [-0.15, -0.1) is 0 Å². The predicted octanol–water partition coefficient (Wildman–Crippen LogP) is 2.05. The van der Waals surface area contributed by atoms with Crippen LogP contribution in [0.2, 0.25) is 0 Å². The maximum atomic E-state index is 13.2. The van der Waals surface area contributed by atoms with E-state index in [1.54, 1.807) is 0 Å². The normalized spacial score (nSPS) is 26.6. The van der Waals surface area contributed by atoms with Gasteiger partial charge in [-0.25, -0.2) is 0 Å². The first-order chi connectivity index (χ1) is 14.3. The van der Waals surface area contributed by atoms with Gasteiger partial charge < -0.3 is 10.2 Å². The topological polar surface area (TPSA) is 82.0 Å². The lowest BCUT2D eigenvalue weighted by atomic mass is 9.99. The van der Waals surface area contributed by atoms with Crippen molar-refractivity contribution in [2.24, 2.45) is 9.98 Å².